The van der Waals surface area contributed by atoms with Crippen LogP contribution in [0.3, 0.4) is 0 Å². The molecule has 12 amide bonds. The van der Waals surface area contributed by atoms with Gasteiger partial charge in [-0.15, -0.1) is 0 Å². The highest BCUT2D eigenvalue weighted by Crippen LogP contribution is 2.33. The Labute approximate surface area is 748 Å². The SMILES string of the molecule is CC(=O)N[C@@H]1[C@@H](OCCC(=O)NCCCNC(=O)CCCCO[C@@H]2O[C@H](CO)[C@H](O)[C@H](O)[C@H]2NC(C)=O)[C@H](OCCC(=O)NCCCNC(=O)CCCCO[C@@H]2O[C@H](CO)[C@H](O)[C@H](O)[C@H]2NC(C)=O)[C@@H](COCCC(=O)NCCCNC(=O)CCCCO[C@@H]2O[C@H](CO)[C@H](O)[C@H](O)[C@H]2NC(C)=O)O[C@H]1NC(=O)CCCCCCCCC(=O)N1C[C@H](O)C[C@H]1CC(C)(C)C. The van der Waals surface area contributed by atoms with Crippen LogP contribution in [0.2, 0.25) is 0 Å². The smallest absolute Gasteiger partial charge is 0.222 e. The van der Waals surface area contributed by atoms with Gasteiger partial charge in [0.15, 0.2) is 25.1 Å². The number of ether oxygens (including phenoxy) is 10. The Balaban J connectivity index is 1.19. The second-order valence-corrected chi connectivity index (χ2v) is 34.3. The summed E-state index contributed by atoms with van der Waals surface area (Å²) in [5, 5.41) is 132. The Bertz CT molecular complexity index is 3340. The van der Waals surface area contributed by atoms with Gasteiger partial charge in [0.05, 0.1) is 52.4 Å². The van der Waals surface area contributed by atoms with E-state index in [4.69, 9.17) is 47.4 Å². The van der Waals surface area contributed by atoms with Gasteiger partial charge in [-0.1, -0.05) is 46.5 Å². The zero-order valence-corrected chi connectivity index (χ0v) is 75.3. The molecule has 0 unspecified atom stereocenters. The number of unbranched alkanes of at least 4 members (excludes halogenated alkanes) is 8. The van der Waals surface area contributed by atoms with Gasteiger partial charge in [-0.05, 0) is 88.9 Å². The van der Waals surface area contributed by atoms with E-state index in [9.17, 15) is 109 Å². The lowest BCUT2D eigenvalue weighted by Gasteiger charge is -2.46. The molecule has 0 radical (unpaired) electrons. The van der Waals surface area contributed by atoms with Gasteiger partial charge in [-0.3, -0.25) is 57.5 Å². The van der Waals surface area contributed by atoms with Crippen LogP contribution in [0.15, 0.2) is 0 Å². The number of nitrogens with one attached hydrogen (secondary N) is 11. The van der Waals surface area contributed by atoms with E-state index in [0.717, 1.165) is 25.7 Å². The molecule has 5 saturated heterocycles. The number of aliphatic hydroxyl groups is 10. The fourth-order valence-corrected chi connectivity index (χ4v) is 15.4. The molecule has 44 heteroatoms. The predicted molar refractivity (Wildman–Crippen MR) is 453 cm³/mol. The number of carbonyl (C=O) groups is 12. The van der Waals surface area contributed by atoms with Crippen LogP contribution in [-0.2, 0) is 105 Å². The van der Waals surface area contributed by atoms with E-state index in [1.165, 1.54) is 27.7 Å². The van der Waals surface area contributed by atoms with Crippen molar-refractivity contribution in [2.45, 2.75) is 344 Å². The molecule has 5 fully saturated rings. The molecule has 0 bridgehead atoms. The average molecular weight is 1840 g/mol. The van der Waals surface area contributed by atoms with Crippen molar-refractivity contribution >= 4 is 70.9 Å². The highest BCUT2D eigenvalue weighted by Gasteiger charge is 2.51. The minimum atomic E-state index is -1.48. The van der Waals surface area contributed by atoms with Gasteiger partial charge in [-0.25, -0.2) is 0 Å². The normalized spacial score (nSPS) is 27.6. The summed E-state index contributed by atoms with van der Waals surface area (Å²) in [6, 6.07) is -4.56. The van der Waals surface area contributed by atoms with E-state index in [1.54, 1.807) is 0 Å². The zero-order chi connectivity index (χ0) is 94.3. The summed E-state index contributed by atoms with van der Waals surface area (Å²) >= 11 is 0. The van der Waals surface area contributed by atoms with E-state index in [1.807, 2.05) is 4.90 Å². The summed E-state index contributed by atoms with van der Waals surface area (Å²) < 4.78 is 59.7. The van der Waals surface area contributed by atoms with E-state index < -0.39 is 196 Å². The lowest BCUT2D eigenvalue weighted by molar-refractivity contribution is -0.270. The van der Waals surface area contributed by atoms with Crippen molar-refractivity contribution in [3.63, 3.8) is 0 Å². The predicted octanol–water partition coefficient (Wildman–Crippen LogP) is -4.93. The molecule has 5 aliphatic heterocycles. The maximum absolute atomic E-state index is 14.1. The van der Waals surface area contributed by atoms with Crippen molar-refractivity contribution < 1.29 is 156 Å². The topological polar surface area (TPSA) is 635 Å². The minimum Gasteiger partial charge on any atom is -0.394 e. The molecule has 0 aromatic heterocycles. The van der Waals surface area contributed by atoms with E-state index >= 15 is 0 Å². The number of hydrogen-bond donors (Lipinski definition) is 21. The zero-order valence-electron chi connectivity index (χ0n) is 75.3. The van der Waals surface area contributed by atoms with Gasteiger partial charge in [0.25, 0.3) is 0 Å². The molecule has 21 N–H and O–H groups in total. The number of aliphatic hydroxyl groups excluding tert-OH is 10. The molecule has 128 heavy (non-hydrogen) atoms. The lowest BCUT2D eigenvalue weighted by atomic mass is 9.87. The van der Waals surface area contributed by atoms with Crippen molar-refractivity contribution in [3.8, 4) is 0 Å². The number of hydrogen-bond acceptors (Lipinski definition) is 32. The molecule has 5 rings (SSSR count). The third-order valence-electron chi connectivity index (χ3n) is 22.0. The average Bonchev–Trinajstić information content (AvgIpc) is 0.827. The highest BCUT2D eigenvalue weighted by atomic mass is 16.7. The Morgan fingerprint density at radius 3 is 1.04 bits per heavy atom. The van der Waals surface area contributed by atoms with Crippen molar-refractivity contribution in [2.75, 3.05) is 112 Å². The third kappa shape index (κ3) is 42.2. The maximum atomic E-state index is 14.1. The van der Waals surface area contributed by atoms with E-state index in [2.05, 4.69) is 79.3 Å². The summed E-state index contributed by atoms with van der Waals surface area (Å²) in [7, 11) is 0. The first-order chi connectivity index (χ1) is 61.0. The molecule has 5 aliphatic rings. The van der Waals surface area contributed by atoms with E-state index in [-0.39, 0.29) is 166 Å². The van der Waals surface area contributed by atoms with Crippen LogP contribution >= 0.6 is 0 Å². The first-order valence-corrected chi connectivity index (χ1v) is 45.2. The first-order valence-electron chi connectivity index (χ1n) is 45.2. The highest BCUT2D eigenvalue weighted by molar-refractivity contribution is 5.80. The molecule has 0 aromatic rings. The quantitative estimate of drug-likeness (QED) is 0.0254. The largest absolute Gasteiger partial charge is 0.394 e. The fourth-order valence-electron chi connectivity index (χ4n) is 15.4. The summed E-state index contributed by atoms with van der Waals surface area (Å²) in [6.45, 7) is 9.91. The van der Waals surface area contributed by atoms with Gasteiger partial charge in [0.2, 0.25) is 70.9 Å². The van der Waals surface area contributed by atoms with Crippen molar-refractivity contribution in [1.82, 2.24) is 63.4 Å². The number of β-amino-alcohol motifs (C(OH)–C–C–N with tert-alkyl or cyclic N) is 1. The van der Waals surface area contributed by atoms with Crippen molar-refractivity contribution in [3.05, 3.63) is 0 Å². The molecule has 0 aliphatic carbocycles. The fraction of sp³-hybridized carbons (Fsp3) is 0.857. The van der Waals surface area contributed by atoms with Crippen LogP contribution in [0.1, 0.15) is 209 Å². The Kier molecular flexibility index (Phi) is 52.9. The maximum Gasteiger partial charge on any atom is 0.222 e. The monoisotopic (exact) mass is 1840 g/mol. The first kappa shape index (κ1) is 111. The van der Waals surface area contributed by atoms with Crippen molar-refractivity contribution in [1.29, 1.82) is 0 Å². The van der Waals surface area contributed by atoms with Gasteiger partial charge in [-0.2, -0.15) is 0 Å². The third-order valence-corrected chi connectivity index (χ3v) is 22.0. The Morgan fingerprint density at radius 1 is 0.344 bits per heavy atom. The second kappa shape index (κ2) is 60.8. The van der Waals surface area contributed by atoms with E-state index in [0.29, 0.717) is 96.4 Å². The Hall–Kier alpha value is -7.16. The van der Waals surface area contributed by atoms with Crippen LogP contribution in [0.25, 0.3) is 0 Å². The molecule has 0 saturated carbocycles. The molecule has 5 heterocycles. The molecule has 0 spiro atoms. The second-order valence-electron chi connectivity index (χ2n) is 34.3. The van der Waals surface area contributed by atoms with Gasteiger partial charge < -0.3 is 162 Å². The summed E-state index contributed by atoms with van der Waals surface area (Å²) in [6.07, 6.45) is -12.5. The molecular formula is C84H148N12O32. The van der Waals surface area contributed by atoms with Crippen LogP contribution in [-0.4, -0.2) is 373 Å². The number of likely N-dealkylation sites (tertiary alicyclic amines) is 1. The Morgan fingerprint density at radius 2 is 0.672 bits per heavy atom. The molecule has 22 atom stereocenters. The minimum absolute atomic E-state index is 0.0108. The summed E-state index contributed by atoms with van der Waals surface area (Å²) in [5.74, 6) is -4.66. The van der Waals surface area contributed by atoms with Gasteiger partial charge in [0, 0.05) is 151 Å². The van der Waals surface area contributed by atoms with Crippen LogP contribution < -0.4 is 58.5 Å². The van der Waals surface area contributed by atoms with Crippen molar-refractivity contribution in [2.24, 2.45) is 5.41 Å². The number of carbonyl (C=O) groups excluding carboxylic acids is 12. The molecule has 44 nitrogen and oxygen atoms in total. The standard InChI is InChI=1S/C84H148N12O32/c1-50(100)91-68-75(116)72(113)56(46-97)126-81(68)122-37-17-14-23-60(105)85-31-20-34-88-63(108)28-40-119-49-59-78(120-41-29-64(109)89-35-21-32-86-61(106)24-15-18-38-123-82-69(92-51(2)101)76(117)73(114)57(47-98)127-82)79(121-42-30-65(110)90-36-22-33-87-62(107)25-16-19-39-124-83-70(93-52(3)102)77(118)74(115)58(48-99)128-83)71(94-53(4)103)80(125-59)95-66(111)26-12-10-8-9-11-13-27-67(112)96-45-55(104)43-54(96)44-84(5,6)7/h54-59,68-83,97-99,104,113-118H,8-49H2,1-7H3,(H,85,105)(H,86,106)(H,87,107)(H,88,108)(H,89,109)(H,90,110)(H,91,100)(H,92,101)(H,93,102)(H,94,103)(H,95,111)/t54-,55+,56+,57+,58+,59+,68+,69+,70+,71+,72-,73-,74-,75+,76+,77+,78+,79+,80+,81+,82+,83+/m0/s1. The number of amides is 12. The van der Waals surface area contributed by atoms with Crippen LogP contribution in [0, 0.1) is 5.41 Å². The summed E-state index contributed by atoms with van der Waals surface area (Å²) in [5.41, 5.74) is -0.0116. The molecule has 736 valence electrons. The summed E-state index contributed by atoms with van der Waals surface area (Å²) in [4.78, 5) is 156. The number of nitrogens with zero attached hydrogens (tertiary/aromatic N) is 1. The van der Waals surface area contributed by atoms with Crippen LogP contribution in [0.4, 0.5) is 0 Å². The molecular weight excluding hydrogens is 1690 g/mol. The van der Waals surface area contributed by atoms with Gasteiger partial charge >= 0.3 is 0 Å². The number of rotatable bonds is 61. The molecule has 0 aromatic carbocycles. The van der Waals surface area contributed by atoms with Crippen LogP contribution in [0.5, 0.6) is 0 Å². The van der Waals surface area contributed by atoms with Gasteiger partial charge in [0.1, 0.15) is 97.4 Å². The lowest BCUT2D eigenvalue weighted by Crippen LogP contribution is -2.69.